The highest BCUT2D eigenvalue weighted by Gasteiger charge is 2.50. The van der Waals surface area contributed by atoms with Crippen LogP contribution < -0.4 is 0 Å². The summed E-state index contributed by atoms with van der Waals surface area (Å²) in [6.07, 6.45) is 0. The molecule has 1 aliphatic carbocycles. The molecule has 2 nitrogen and oxygen atoms in total. The van der Waals surface area contributed by atoms with Crippen LogP contribution in [0.1, 0.15) is 26.3 Å². The van der Waals surface area contributed by atoms with E-state index in [1.54, 1.807) is 6.92 Å². The van der Waals surface area contributed by atoms with E-state index < -0.39 is 4.32 Å². The van der Waals surface area contributed by atoms with Crippen LogP contribution in [-0.4, -0.2) is 11.6 Å². The van der Waals surface area contributed by atoms with Gasteiger partial charge in [0.05, 0.1) is 0 Å². The van der Waals surface area contributed by atoms with Crippen molar-refractivity contribution in [2.45, 2.75) is 25.1 Å². The highest BCUT2D eigenvalue weighted by Crippen LogP contribution is 2.47. The van der Waals surface area contributed by atoms with Gasteiger partial charge in [-0.15, -0.1) is 0 Å². The second-order valence-electron chi connectivity index (χ2n) is 4.77. The van der Waals surface area contributed by atoms with E-state index in [0.29, 0.717) is 5.57 Å². The standard InChI is InChI=1S/C15H15BrO2/c1-9-10(2)13(17)14(18)15(16,11(9)3)12-7-5-4-6-8-12/h4-8,11H,1-3H3. The quantitative estimate of drug-likeness (QED) is 0.588. The number of ketones is 2. The average Bonchev–Trinajstić information content (AvgIpc) is 2.42. The average molecular weight is 307 g/mol. The Balaban J connectivity index is 2.65. The molecule has 3 heteroatoms. The summed E-state index contributed by atoms with van der Waals surface area (Å²) >= 11 is 3.54. The minimum absolute atomic E-state index is 0.0369. The van der Waals surface area contributed by atoms with Crippen LogP contribution in [0.3, 0.4) is 0 Å². The molecule has 0 saturated heterocycles. The minimum Gasteiger partial charge on any atom is -0.288 e. The fourth-order valence-electron chi connectivity index (χ4n) is 2.40. The van der Waals surface area contributed by atoms with Gasteiger partial charge in [-0.3, -0.25) is 9.59 Å². The molecule has 2 atom stereocenters. The molecule has 0 radical (unpaired) electrons. The summed E-state index contributed by atoms with van der Waals surface area (Å²) in [7, 11) is 0. The van der Waals surface area contributed by atoms with Crippen LogP contribution in [0.5, 0.6) is 0 Å². The van der Waals surface area contributed by atoms with Crippen LogP contribution in [0.15, 0.2) is 41.5 Å². The topological polar surface area (TPSA) is 34.1 Å². The van der Waals surface area contributed by atoms with Gasteiger partial charge in [0.2, 0.25) is 11.6 Å². The molecule has 2 rings (SSSR count). The number of hydrogen-bond acceptors (Lipinski definition) is 2. The van der Waals surface area contributed by atoms with Crippen molar-refractivity contribution >= 4 is 27.5 Å². The Kier molecular flexibility index (Phi) is 3.28. The lowest BCUT2D eigenvalue weighted by Gasteiger charge is -2.37. The van der Waals surface area contributed by atoms with Crippen molar-refractivity contribution in [3.8, 4) is 0 Å². The fourth-order valence-corrected chi connectivity index (χ4v) is 3.18. The molecule has 0 fully saturated rings. The van der Waals surface area contributed by atoms with E-state index in [1.807, 2.05) is 44.2 Å². The van der Waals surface area contributed by atoms with Gasteiger partial charge in [0.15, 0.2) is 0 Å². The molecule has 0 heterocycles. The molecule has 1 aromatic rings. The lowest BCUT2D eigenvalue weighted by atomic mass is 9.72. The second kappa shape index (κ2) is 4.47. The molecule has 0 aliphatic heterocycles. The number of halogens is 1. The zero-order chi connectivity index (χ0) is 13.5. The number of benzene rings is 1. The van der Waals surface area contributed by atoms with E-state index in [4.69, 9.17) is 0 Å². The Hall–Kier alpha value is -1.22. The first-order valence-corrected chi connectivity index (χ1v) is 6.71. The molecular formula is C15H15BrO2. The third kappa shape index (κ3) is 1.69. The maximum Gasteiger partial charge on any atom is 0.226 e. The zero-order valence-electron chi connectivity index (χ0n) is 10.7. The predicted octanol–water partition coefficient (Wildman–Crippen LogP) is 3.40. The third-order valence-electron chi connectivity index (χ3n) is 3.91. The van der Waals surface area contributed by atoms with Crippen LogP contribution in [0.4, 0.5) is 0 Å². The molecule has 1 aliphatic rings. The van der Waals surface area contributed by atoms with Crippen molar-refractivity contribution in [1.82, 2.24) is 0 Å². The van der Waals surface area contributed by atoms with E-state index >= 15 is 0 Å². The number of hydrogen-bond donors (Lipinski definition) is 0. The number of carbonyl (C=O) groups excluding carboxylic acids is 2. The van der Waals surface area contributed by atoms with Crippen molar-refractivity contribution in [3.05, 3.63) is 47.0 Å². The molecule has 0 saturated carbocycles. The minimum atomic E-state index is -0.922. The van der Waals surface area contributed by atoms with E-state index in [0.717, 1.165) is 11.1 Å². The van der Waals surface area contributed by atoms with Gasteiger partial charge in [-0.25, -0.2) is 0 Å². The number of alkyl halides is 1. The Labute approximate surface area is 115 Å². The van der Waals surface area contributed by atoms with Crippen LogP contribution in [-0.2, 0) is 13.9 Å². The van der Waals surface area contributed by atoms with Crippen LogP contribution in [0, 0.1) is 5.92 Å². The van der Waals surface area contributed by atoms with Crippen LogP contribution in [0.25, 0.3) is 0 Å². The highest BCUT2D eigenvalue weighted by atomic mass is 79.9. The van der Waals surface area contributed by atoms with Gasteiger partial charge < -0.3 is 0 Å². The molecule has 2 unspecified atom stereocenters. The van der Waals surface area contributed by atoms with Gasteiger partial charge in [-0.2, -0.15) is 0 Å². The number of rotatable bonds is 1. The highest BCUT2D eigenvalue weighted by molar-refractivity contribution is 9.10. The molecular weight excluding hydrogens is 292 g/mol. The first kappa shape index (κ1) is 13.2. The van der Waals surface area contributed by atoms with Crippen molar-refractivity contribution < 1.29 is 9.59 Å². The molecule has 1 aromatic carbocycles. The Bertz CT molecular complexity index is 545. The SMILES string of the molecule is CC1=C(C)C(C)C(Br)(c2ccccc2)C(=O)C1=O. The van der Waals surface area contributed by atoms with Crippen LogP contribution in [0.2, 0.25) is 0 Å². The molecule has 94 valence electrons. The first-order chi connectivity index (χ1) is 8.40. The number of Topliss-reactive ketones (excluding diaryl/α,β-unsaturated/α-hetero) is 2. The van der Waals surface area contributed by atoms with Crippen molar-refractivity contribution in [3.63, 3.8) is 0 Å². The van der Waals surface area contributed by atoms with Gasteiger partial charge in [0.1, 0.15) is 4.32 Å². The van der Waals surface area contributed by atoms with E-state index in [1.165, 1.54) is 0 Å². The van der Waals surface area contributed by atoms with Gasteiger partial charge in [0.25, 0.3) is 0 Å². The Morgan fingerprint density at radius 1 is 1.11 bits per heavy atom. The van der Waals surface area contributed by atoms with Crippen LogP contribution >= 0.6 is 15.9 Å². The first-order valence-electron chi connectivity index (χ1n) is 5.91. The summed E-state index contributed by atoms with van der Waals surface area (Å²) in [6, 6.07) is 9.41. The van der Waals surface area contributed by atoms with Gasteiger partial charge in [0, 0.05) is 5.92 Å². The van der Waals surface area contributed by atoms with Gasteiger partial charge in [-0.05, 0) is 25.0 Å². The summed E-state index contributed by atoms with van der Waals surface area (Å²) in [6.45, 7) is 5.62. The molecule has 0 amide bonds. The smallest absolute Gasteiger partial charge is 0.226 e. The summed E-state index contributed by atoms with van der Waals surface area (Å²) in [4.78, 5) is 24.4. The second-order valence-corrected chi connectivity index (χ2v) is 6.02. The molecule has 18 heavy (non-hydrogen) atoms. The monoisotopic (exact) mass is 306 g/mol. The Morgan fingerprint density at radius 2 is 1.67 bits per heavy atom. The van der Waals surface area contributed by atoms with Crippen molar-refractivity contribution in [2.24, 2.45) is 5.92 Å². The normalized spacial score (nSPS) is 28.8. The largest absolute Gasteiger partial charge is 0.288 e. The summed E-state index contributed by atoms with van der Waals surface area (Å²) in [5.41, 5.74) is 2.39. The zero-order valence-corrected chi connectivity index (χ0v) is 12.2. The molecule has 0 bridgehead atoms. The number of carbonyl (C=O) groups is 2. The van der Waals surface area contributed by atoms with Crippen molar-refractivity contribution in [1.29, 1.82) is 0 Å². The number of allylic oxidation sites excluding steroid dienone is 2. The van der Waals surface area contributed by atoms with Crippen molar-refractivity contribution in [2.75, 3.05) is 0 Å². The van der Waals surface area contributed by atoms with Gasteiger partial charge in [-0.1, -0.05) is 58.8 Å². The summed E-state index contributed by atoms with van der Waals surface area (Å²) < 4.78 is -0.922. The molecule has 0 spiro atoms. The maximum absolute atomic E-state index is 12.4. The molecule has 0 aromatic heterocycles. The summed E-state index contributed by atoms with van der Waals surface area (Å²) in [5, 5.41) is 0. The fraction of sp³-hybridized carbons (Fsp3) is 0.333. The summed E-state index contributed by atoms with van der Waals surface area (Å²) in [5.74, 6) is -0.791. The maximum atomic E-state index is 12.4. The van der Waals surface area contributed by atoms with E-state index in [2.05, 4.69) is 15.9 Å². The molecule has 0 N–H and O–H groups in total. The predicted molar refractivity (Wildman–Crippen MR) is 74.6 cm³/mol. The Morgan fingerprint density at radius 3 is 2.22 bits per heavy atom. The lowest BCUT2D eigenvalue weighted by Crippen LogP contribution is -2.45. The lowest BCUT2D eigenvalue weighted by molar-refractivity contribution is -0.137. The third-order valence-corrected chi connectivity index (χ3v) is 5.41. The van der Waals surface area contributed by atoms with Gasteiger partial charge >= 0.3 is 0 Å². The van der Waals surface area contributed by atoms with E-state index in [-0.39, 0.29) is 17.5 Å². The van der Waals surface area contributed by atoms with E-state index in [9.17, 15) is 9.59 Å².